The number of aromatic amines is 1. The number of halogens is 1. The molecule has 0 bridgehead atoms. The third-order valence-electron chi connectivity index (χ3n) is 7.81. The van der Waals surface area contributed by atoms with Crippen LogP contribution in [0.25, 0.3) is 10.9 Å². The van der Waals surface area contributed by atoms with Crippen molar-refractivity contribution in [2.75, 3.05) is 7.11 Å². The molecule has 1 amide bonds. The lowest BCUT2D eigenvalue weighted by Gasteiger charge is -2.21. The molecule has 3 atom stereocenters. The lowest BCUT2D eigenvalue weighted by molar-refractivity contribution is -0.126. The maximum Gasteiger partial charge on any atom is 0.224 e. The second kappa shape index (κ2) is 10.6. The van der Waals surface area contributed by atoms with Gasteiger partial charge in [-0.15, -0.1) is 0 Å². The Bertz CT molecular complexity index is 1470. The Morgan fingerprint density at radius 2 is 2.03 bits per heavy atom. The Labute approximate surface area is 226 Å². The number of hydrogen-bond acceptors (Lipinski definition) is 5. The minimum Gasteiger partial charge on any atom is -0.496 e. The Balaban J connectivity index is 1.30. The summed E-state index contributed by atoms with van der Waals surface area (Å²) < 4.78 is 5.40. The van der Waals surface area contributed by atoms with E-state index in [0.29, 0.717) is 28.8 Å². The molecule has 0 aliphatic heterocycles. The molecule has 0 spiro atoms. The summed E-state index contributed by atoms with van der Waals surface area (Å²) in [6.45, 7) is 1.93. The maximum atomic E-state index is 13.4. The van der Waals surface area contributed by atoms with E-state index >= 15 is 0 Å². The van der Waals surface area contributed by atoms with Gasteiger partial charge >= 0.3 is 0 Å². The van der Waals surface area contributed by atoms with E-state index in [1.54, 1.807) is 19.2 Å². The number of carbonyl (C=O) groups excluding carboxylic acids is 3. The number of hydrogen-bond donors (Lipinski definition) is 2. The van der Waals surface area contributed by atoms with Crippen LogP contribution in [0.3, 0.4) is 0 Å². The van der Waals surface area contributed by atoms with Gasteiger partial charge in [-0.1, -0.05) is 36.6 Å². The maximum absolute atomic E-state index is 13.4. The number of benzene rings is 2. The van der Waals surface area contributed by atoms with Crippen molar-refractivity contribution in [1.29, 1.82) is 5.26 Å². The van der Waals surface area contributed by atoms with Crippen molar-refractivity contribution in [3.05, 3.63) is 63.8 Å². The van der Waals surface area contributed by atoms with Crippen LogP contribution in [-0.4, -0.2) is 35.6 Å². The minimum absolute atomic E-state index is 0.00430. The second-order valence-corrected chi connectivity index (χ2v) is 10.9. The van der Waals surface area contributed by atoms with Crippen molar-refractivity contribution in [3.63, 3.8) is 0 Å². The third kappa shape index (κ3) is 5.19. The number of nitrogens with zero attached hydrogens (tertiary/aromatic N) is 1. The Hall–Kier alpha value is -3.63. The molecule has 1 saturated carbocycles. The largest absolute Gasteiger partial charge is 0.496 e. The molecule has 1 aromatic heterocycles. The normalized spacial score (nSPS) is 18.1. The van der Waals surface area contributed by atoms with E-state index in [-0.39, 0.29) is 36.7 Å². The molecule has 38 heavy (non-hydrogen) atoms. The number of fused-ring (bicyclic) bond motifs is 2. The van der Waals surface area contributed by atoms with Crippen LogP contribution in [0.4, 0.5) is 0 Å². The summed E-state index contributed by atoms with van der Waals surface area (Å²) in [5.74, 6) is -0.441. The fourth-order valence-corrected chi connectivity index (χ4v) is 5.86. The van der Waals surface area contributed by atoms with Crippen molar-refractivity contribution in [2.45, 2.75) is 57.4 Å². The Morgan fingerprint density at radius 3 is 2.74 bits per heavy atom. The molecule has 8 heteroatoms. The van der Waals surface area contributed by atoms with E-state index in [2.05, 4.69) is 16.4 Å². The molecule has 2 aliphatic rings. The average Bonchev–Trinajstić information content (AvgIpc) is 3.51. The molecule has 2 aliphatic carbocycles. The SMILES string of the molecule is COc1cccc2[nH]c(C(=O)C[C@@H](CC3CC3)C(=O)N[C@H](C#N)C[C@H]3C(=O)Cc4c(Cl)ccc(C)c43)cc12. The number of aryl methyl sites for hydroxylation is 1. The van der Waals surface area contributed by atoms with Crippen LogP contribution < -0.4 is 10.1 Å². The quantitative estimate of drug-likeness (QED) is 0.338. The van der Waals surface area contributed by atoms with E-state index in [1.165, 1.54) is 0 Å². The zero-order valence-corrected chi connectivity index (χ0v) is 22.2. The topological polar surface area (TPSA) is 112 Å². The summed E-state index contributed by atoms with van der Waals surface area (Å²) in [7, 11) is 1.58. The summed E-state index contributed by atoms with van der Waals surface area (Å²) >= 11 is 6.34. The molecule has 196 valence electrons. The molecule has 1 fully saturated rings. The average molecular weight is 532 g/mol. The summed E-state index contributed by atoms with van der Waals surface area (Å²) in [5, 5.41) is 14.1. The highest BCUT2D eigenvalue weighted by molar-refractivity contribution is 6.32. The molecule has 2 N–H and O–H groups in total. The van der Waals surface area contributed by atoms with Crippen LogP contribution >= 0.6 is 11.6 Å². The number of methoxy groups -OCH3 is 1. The molecule has 5 rings (SSSR count). The first kappa shape index (κ1) is 26.0. The number of carbonyl (C=O) groups is 3. The van der Waals surface area contributed by atoms with Crippen LogP contribution in [0.2, 0.25) is 5.02 Å². The van der Waals surface area contributed by atoms with Gasteiger partial charge in [-0.3, -0.25) is 14.4 Å². The lowest BCUT2D eigenvalue weighted by atomic mass is 9.89. The van der Waals surface area contributed by atoms with E-state index in [0.717, 1.165) is 40.4 Å². The molecule has 0 radical (unpaired) electrons. The molecule has 0 unspecified atom stereocenters. The molecule has 2 aromatic carbocycles. The Kier molecular flexibility index (Phi) is 7.27. The van der Waals surface area contributed by atoms with Gasteiger partial charge in [0.1, 0.15) is 17.6 Å². The van der Waals surface area contributed by atoms with Crippen LogP contribution in [-0.2, 0) is 16.0 Å². The van der Waals surface area contributed by atoms with E-state index in [9.17, 15) is 19.6 Å². The molecular weight excluding hydrogens is 502 g/mol. The number of ether oxygens (including phenoxy) is 1. The second-order valence-electron chi connectivity index (χ2n) is 10.5. The number of nitrogens with one attached hydrogen (secondary N) is 2. The number of amides is 1. The van der Waals surface area contributed by atoms with Gasteiger partial charge in [0.15, 0.2) is 5.78 Å². The van der Waals surface area contributed by atoms with Crippen molar-refractivity contribution in [2.24, 2.45) is 11.8 Å². The van der Waals surface area contributed by atoms with Crippen molar-refractivity contribution in [3.8, 4) is 11.8 Å². The highest BCUT2D eigenvalue weighted by atomic mass is 35.5. The third-order valence-corrected chi connectivity index (χ3v) is 8.17. The number of aromatic nitrogens is 1. The lowest BCUT2D eigenvalue weighted by Crippen LogP contribution is -2.40. The van der Waals surface area contributed by atoms with Gasteiger partial charge in [-0.25, -0.2) is 0 Å². The standard InChI is InChI=1S/C30H30ClN3O4/c1-16-6-9-23(31)20-14-26(35)22(29(16)20)12-19(15-32)33-30(37)18(10-17-7-8-17)11-27(36)25-13-21-24(34-25)4-3-5-28(21)38-2/h3-6,9,13,17-19,22,34H,7-8,10-12,14H2,1-2H3,(H,33,37)/t18-,19+,22+/m1/s1. The number of ketones is 2. The number of rotatable bonds is 10. The molecule has 1 heterocycles. The summed E-state index contributed by atoms with van der Waals surface area (Å²) in [6, 6.07) is 12.3. The van der Waals surface area contributed by atoms with Crippen LogP contribution in [0.5, 0.6) is 5.75 Å². The summed E-state index contributed by atoms with van der Waals surface area (Å²) in [6.07, 6.45) is 3.13. The zero-order chi connectivity index (χ0) is 27.0. The predicted octanol–water partition coefficient (Wildman–Crippen LogP) is 5.43. The Morgan fingerprint density at radius 1 is 1.24 bits per heavy atom. The first-order valence-electron chi connectivity index (χ1n) is 13.0. The number of H-pyrrole nitrogens is 1. The fraction of sp³-hybridized carbons (Fsp3) is 0.400. The van der Waals surface area contributed by atoms with E-state index < -0.39 is 17.9 Å². The first-order chi connectivity index (χ1) is 18.3. The van der Waals surface area contributed by atoms with Crippen LogP contribution in [0, 0.1) is 30.1 Å². The van der Waals surface area contributed by atoms with Crippen LogP contribution in [0.15, 0.2) is 36.4 Å². The van der Waals surface area contributed by atoms with Crippen LogP contribution in [0.1, 0.15) is 65.2 Å². The molecule has 7 nitrogen and oxygen atoms in total. The monoisotopic (exact) mass is 531 g/mol. The van der Waals surface area contributed by atoms with E-state index in [4.69, 9.17) is 16.3 Å². The highest BCUT2D eigenvalue weighted by Crippen LogP contribution is 2.40. The first-order valence-corrected chi connectivity index (χ1v) is 13.4. The van der Waals surface area contributed by atoms with Crippen molar-refractivity contribution >= 4 is 40.0 Å². The molecule has 0 saturated heterocycles. The minimum atomic E-state index is -0.852. The van der Waals surface area contributed by atoms with Gasteiger partial charge in [0.2, 0.25) is 5.91 Å². The van der Waals surface area contributed by atoms with Gasteiger partial charge in [-0.05, 0) is 66.6 Å². The molecular formula is C30H30ClN3O4. The van der Waals surface area contributed by atoms with E-state index in [1.807, 2.05) is 31.2 Å². The number of nitriles is 1. The van der Waals surface area contributed by atoms with Gasteiger partial charge in [-0.2, -0.15) is 5.26 Å². The van der Waals surface area contributed by atoms with Gasteiger partial charge in [0.05, 0.1) is 18.9 Å². The predicted molar refractivity (Wildman–Crippen MR) is 144 cm³/mol. The number of Topliss-reactive ketones (excluding diaryl/α,β-unsaturated/α-hetero) is 2. The highest BCUT2D eigenvalue weighted by Gasteiger charge is 2.37. The summed E-state index contributed by atoms with van der Waals surface area (Å²) in [4.78, 5) is 42.6. The summed E-state index contributed by atoms with van der Waals surface area (Å²) in [5.41, 5.74) is 3.86. The van der Waals surface area contributed by atoms with Crippen molar-refractivity contribution in [1.82, 2.24) is 10.3 Å². The smallest absolute Gasteiger partial charge is 0.224 e. The van der Waals surface area contributed by atoms with Gasteiger partial charge in [0.25, 0.3) is 0 Å². The fourth-order valence-electron chi connectivity index (χ4n) is 5.63. The zero-order valence-electron chi connectivity index (χ0n) is 21.5. The van der Waals surface area contributed by atoms with Crippen molar-refractivity contribution < 1.29 is 19.1 Å². The van der Waals surface area contributed by atoms with Gasteiger partial charge in [0, 0.05) is 40.6 Å². The molecule has 3 aromatic rings. The van der Waals surface area contributed by atoms with Gasteiger partial charge < -0.3 is 15.0 Å².